The first-order chi connectivity index (χ1) is 12.2. The molecule has 0 unspecified atom stereocenters. The van der Waals surface area contributed by atoms with Gasteiger partial charge in [0.1, 0.15) is 22.8 Å². The lowest BCUT2D eigenvalue weighted by Crippen LogP contribution is -2.22. The number of aliphatic hydroxyl groups is 1. The third kappa shape index (κ3) is 3.11. The second kappa shape index (κ2) is 6.68. The van der Waals surface area contributed by atoms with Gasteiger partial charge >= 0.3 is 0 Å². The molecule has 1 fully saturated rings. The van der Waals surface area contributed by atoms with E-state index in [1.807, 2.05) is 0 Å². The van der Waals surface area contributed by atoms with Gasteiger partial charge in [-0.1, -0.05) is 6.92 Å². The van der Waals surface area contributed by atoms with Crippen molar-refractivity contribution in [2.45, 2.75) is 45.1 Å². The topological polar surface area (TPSA) is 99.6 Å². The number of nitrogens with one attached hydrogen (secondary N) is 2. The van der Waals surface area contributed by atoms with Crippen LogP contribution < -0.4 is 5.32 Å². The summed E-state index contributed by atoms with van der Waals surface area (Å²) in [7, 11) is 0. The molecule has 3 aromatic rings. The number of anilines is 1. The Kier molecular flexibility index (Phi) is 4.39. The summed E-state index contributed by atoms with van der Waals surface area (Å²) in [6.45, 7) is 4.81. The number of hydrogen-bond donors (Lipinski definition) is 3. The van der Waals surface area contributed by atoms with Crippen LogP contribution in [0.4, 0.5) is 5.82 Å². The normalized spacial score (nSPS) is 23.4. The predicted octanol–water partition coefficient (Wildman–Crippen LogP) is 2.65. The highest BCUT2D eigenvalue weighted by atomic mass is 32.1. The summed E-state index contributed by atoms with van der Waals surface area (Å²) < 4.78 is 0. The van der Waals surface area contributed by atoms with E-state index in [0.29, 0.717) is 13.0 Å². The number of fused-ring (bicyclic) bond motifs is 1. The summed E-state index contributed by atoms with van der Waals surface area (Å²) in [6.07, 6.45) is 3.68. The maximum absolute atomic E-state index is 10.5. The van der Waals surface area contributed by atoms with E-state index in [2.05, 4.69) is 49.7 Å². The minimum absolute atomic E-state index is 0.164. The average molecular weight is 358 g/mol. The molecule has 0 aromatic carbocycles. The smallest absolute Gasteiger partial charge is 0.153 e. The Morgan fingerprint density at radius 2 is 2.24 bits per heavy atom. The van der Waals surface area contributed by atoms with Gasteiger partial charge in [0.25, 0.3) is 0 Å². The number of hydrogen-bond acceptors (Lipinski definition) is 7. The third-order valence-corrected chi connectivity index (χ3v) is 6.00. The molecule has 8 heteroatoms. The number of aromatic nitrogens is 5. The van der Waals surface area contributed by atoms with Gasteiger partial charge < -0.3 is 10.4 Å². The standard InChI is InChI=1S/C17H22N6OS/c1-3-13-21-15(23-22-13)10-4-11(12(24)5-10)6-18-16-14-9(2)7-25-17(14)20-8-19-16/h7-8,10-12,24H,3-6H2,1-2H3,(H,18,19,20)(H,21,22,23)/t10-,11+,12+/m0/s1. The summed E-state index contributed by atoms with van der Waals surface area (Å²) in [6, 6.07) is 0. The largest absolute Gasteiger partial charge is 0.393 e. The minimum atomic E-state index is -0.345. The molecule has 3 heterocycles. The van der Waals surface area contributed by atoms with Crippen molar-refractivity contribution in [1.29, 1.82) is 0 Å². The number of thiophene rings is 1. The zero-order chi connectivity index (χ0) is 17.4. The Labute approximate surface area is 149 Å². The molecular formula is C17H22N6OS. The summed E-state index contributed by atoms with van der Waals surface area (Å²) in [4.78, 5) is 14.2. The zero-order valence-electron chi connectivity index (χ0n) is 14.4. The van der Waals surface area contributed by atoms with Crippen molar-refractivity contribution in [3.63, 3.8) is 0 Å². The molecule has 132 valence electrons. The molecule has 4 rings (SSSR count). The summed E-state index contributed by atoms with van der Waals surface area (Å²) in [5.74, 6) is 2.97. The first kappa shape index (κ1) is 16.4. The van der Waals surface area contributed by atoms with Crippen molar-refractivity contribution in [2.24, 2.45) is 5.92 Å². The Balaban J connectivity index is 1.45. The second-order valence-electron chi connectivity index (χ2n) is 6.69. The molecule has 3 atom stereocenters. The molecule has 1 aliphatic rings. The van der Waals surface area contributed by atoms with Crippen LogP contribution >= 0.6 is 11.3 Å². The third-order valence-electron chi connectivity index (χ3n) is 4.99. The van der Waals surface area contributed by atoms with E-state index in [4.69, 9.17) is 0 Å². The fourth-order valence-electron chi connectivity index (χ4n) is 3.56. The van der Waals surface area contributed by atoms with Crippen LogP contribution in [-0.4, -0.2) is 42.9 Å². The van der Waals surface area contributed by atoms with Crippen molar-refractivity contribution >= 4 is 27.4 Å². The molecule has 0 radical (unpaired) electrons. The molecule has 25 heavy (non-hydrogen) atoms. The number of aromatic amines is 1. The van der Waals surface area contributed by atoms with Gasteiger partial charge in [0.2, 0.25) is 0 Å². The lowest BCUT2D eigenvalue weighted by atomic mass is 10.0. The van der Waals surface area contributed by atoms with Crippen molar-refractivity contribution in [1.82, 2.24) is 25.1 Å². The maximum Gasteiger partial charge on any atom is 0.153 e. The molecule has 1 saturated carbocycles. The lowest BCUT2D eigenvalue weighted by molar-refractivity contribution is 0.137. The SMILES string of the molecule is CCc1nc([C@H]2C[C@H](CNc3ncnc4scc(C)c34)[C@H](O)C2)n[nH]1. The van der Waals surface area contributed by atoms with Crippen molar-refractivity contribution < 1.29 is 5.11 Å². The molecule has 0 saturated heterocycles. The van der Waals surface area contributed by atoms with Crippen LogP contribution in [0.15, 0.2) is 11.7 Å². The molecule has 0 amide bonds. The molecular weight excluding hydrogens is 336 g/mol. The lowest BCUT2D eigenvalue weighted by Gasteiger charge is -2.16. The van der Waals surface area contributed by atoms with Crippen LogP contribution in [0.3, 0.4) is 0 Å². The van der Waals surface area contributed by atoms with E-state index in [0.717, 1.165) is 40.5 Å². The van der Waals surface area contributed by atoms with Gasteiger partial charge in [0.05, 0.1) is 11.5 Å². The van der Waals surface area contributed by atoms with Crippen LogP contribution in [0.2, 0.25) is 0 Å². The summed E-state index contributed by atoms with van der Waals surface area (Å²) in [5, 5.41) is 24.3. The van der Waals surface area contributed by atoms with Crippen molar-refractivity contribution in [3.8, 4) is 0 Å². The fourth-order valence-corrected chi connectivity index (χ4v) is 4.45. The zero-order valence-corrected chi connectivity index (χ0v) is 15.2. The van der Waals surface area contributed by atoms with Gasteiger partial charge in [0.15, 0.2) is 5.82 Å². The Morgan fingerprint density at radius 1 is 1.36 bits per heavy atom. The van der Waals surface area contributed by atoms with Gasteiger partial charge in [-0.25, -0.2) is 15.0 Å². The molecule has 0 aliphatic heterocycles. The molecule has 3 aromatic heterocycles. The highest BCUT2D eigenvalue weighted by Crippen LogP contribution is 2.37. The van der Waals surface area contributed by atoms with Crippen LogP contribution in [0.1, 0.15) is 42.9 Å². The molecule has 7 nitrogen and oxygen atoms in total. The highest BCUT2D eigenvalue weighted by Gasteiger charge is 2.35. The fraction of sp³-hybridized carbons (Fsp3) is 0.529. The monoisotopic (exact) mass is 358 g/mol. The number of aryl methyl sites for hydroxylation is 2. The summed E-state index contributed by atoms with van der Waals surface area (Å²) >= 11 is 1.63. The highest BCUT2D eigenvalue weighted by molar-refractivity contribution is 7.17. The van der Waals surface area contributed by atoms with E-state index in [9.17, 15) is 5.11 Å². The van der Waals surface area contributed by atoms with Crippen molar-refractivity contribution in [3.05, 3.63) is 28.9 Å². The first-order valence-electron chi connectivity index (χ1n) is 8.67. The van der Waals surface area contributed by atoms with Crippen molar-refractivity contribution in [2.75, 3.05) is 11.9 Å². The van der Waals surface area contributed by atoms with Gasteiger partial charge in [-0.15, -0.1) is 11.3 Å². The molecule has 1 aliphatic carbocycles. The van der Waals surface area contributed by atoms with Crippen LogP contribution in [0.5, 0.6) is 0 Å². The summed E-state index contributed by atoms with van der Waals surface area (Å²) in [5.41, 5.74) is 1.18. The molecule has 0 spiro atoms. The quantitative estimate of drug-likeness (QED) is 0.648. The van der Waals surface area contributed by atoms with E-state index >= 15 is 0 Å². The average Bonchev–Trinajstić information content (AvgIpc) is 3.32. The Morgan fingerprint density at radius 3 is 3.04 bits per heavy atom. The van der Waals surface area contributed by atoms with E-state index in [1.54, 1.807) is 17.7 Å². The van der Waals surface area contributed by atoms with Crippen LogP contribution in [-0.2, 0) is 6.42 Å². The first-order valence-corrected chi connectivity index (χ1v) is 9.55. The van der Waals surface area contributed by atoms with Crippen LogP contribution in [0, 0.1) is 12.8 Å². The van der Waals surface area contributed by atoms with E-state index < -0.39 is 0 Å². The van der Waals surface area contributed by atoms with Crippen LogP contribution in [0.25, 0.3) is 10.2 Å². The number of H-pyrrole nitrogens is 1. The number of nitrogens with zero attached hydrogens (tertiary/aromatic N) is 4. The van der Waals surface area contributed by atoms with E-state index in [1.165, 1.54) is 5.56 Å². The minimum Gasteiger partial charge on any atom is -0.393 e. The second-order valence-corrected chi connectivity index (χ2v) is 7.55. The maximum atomic E-state index is 10.5. The van der Waals surface area contributed by atoms with E-state index in [-0.39, 0.29) is 17.9 Å². The molecule has 3 N–H and O–H groups in total. The van der Waals surface area contributed by atoms with Gasteiger partial charge in [0, 0.05) is 24.8 Å². The van der Waals surface area contributed by atoms with Gasteiger partial charge in [-0.3, -0.25) is 5.10 Å². The van der Waals surface area contributed by atoms with Gasteiger partial charge in [-0.2, -0.15) is 5.10 Å². The van der Waals surface area contributed by atoms with Gasteiger partial charge in [-0.05, 0) is 30.7 Å². The number of rotatable bonds is 5. The molecule has 0 bridgehead atoms. The number of aliphatic hydroxyl groups excluding tert-OH is 1. The Hall–Kier alpha value is -2.06. The predicted molar refractivity (Wildman–Crippen MR) is 97.9 cm³/mol. The Bertz CT molecular complexity index is 875.